The Morgan fingerprint density at radius 3 is 2.76 bits per heavy atom. The molecular weight excluding hydrogens is 455 g/mol. The van der Waals surface area contributed by atoms with Gasteiger partial charge in [-0.05, 0) is 17.4 Å². The van der Waals surface area contributed by atoms with Crippen molar-refractivity contribution in [2.75, 3.05) is 26.0 Å². The van der Waals surface area contributed by atoms with Gasteiger partial charge in [0.25, 0.3) is 11.1 Å². The predicted molar refractivity (Wildman–Crippen MR) is 131 cm³/mol. The predicted octanol–water partition coefficient (Wildman–Crippen LogP) is 4.51. The third-order valence-electron chi connectivity index (χ3n) is 5.87. The Hall–Kier alpha value is -3.66. The molecule has 2 atom stereocenters. The number of hydrogen-bond donors (Lipinski definition) is 2. The van der Waals surface area contributed by atoms with Gasteiger partial charge in [-0.3, -0.25) is 9.78 Å². The first-order valence-corrected chi connectivity index (χ1v) is 11.7. The maximum atomic E-state index is 14.4. The van der Waals surface area contributed by atoms with Gasteiger partial charge in [-0.15, -0.1) is 0 Å². The molecule has 4 aromatic rings. The van der Waals surface area contributed by atoms with E-state index in [1.807, 2.05) is 23.6 Å². The van der Waals surface area contributed by atoms with Gasteiger partial charge in [0.1, 0.15) is 17.8 Å². The van der Waals surface area contributed by atoms with Crippen LogP contribution in [0.1, 0.15) is 35.7 Å². The summed E-state index contributed by atoms with van der Waals surface area (Å²) in [6.07, 6.45) is 2.61. The van der Waals surface area contributed by atoms with Crippen molar-refractivity contribution in [1.29, 1.82) is 0 Å². The second-order valence-corrected chi connectivity index (χ2v) is 8.76. The summed E-state index contributed by atoms with van der Waals surface area (Å²) in [6, 6.07) is 7.38. The molecular formula is C24H25FN6O2S. The number of para-hydroxylation sites is 1. The van der Waals surface area contributed by atoms with Crippen molar-refractivity contribution < 1.29 is 13.9 Å². The van der Waals surface area contributed by atoms with E-state index in [1.165, 1.54) is 24.7 Å². The molecule has 0 aliphatic heterocycles. The highest BCUT2D eigenvalue weighted by molar-refractivity contribution is 7.11. The lowest BCUT2D eigenvalue weighted by atomic mass is 9.87. The standard InChI is InChI=1S/C24H25FN6O2S/c1-13(9-27-20-8-18(29-12-30-20)19-11-34-24(31-19)33-4)14(2)15-6-5-7-16-21(23(32)26-3)17(25)10-28-22(15)16/h5-8,10-14H,9H2,1-4H3,(H,26,32)(H,27,29,30)/t13-,14?/m1/s1. The zero-order valence-electron chi connectivity index (χ0n) is 19.3. The fraction of sp³-hybridized carbons (Fsp3) is 0.292. The molecule has 10 heteroatoms. The van der Waals surface area contributed by atoms with Gasteiger partial charge in [0.2, 0.25) is 0 Å². The highest BCUT2D eigenvalue weighted by Crippen LogP contribution is 2.32. The Morgan fingerprint density at radius 2 is 2.03 bits per heavy atom. The Morgan fingerprint density at radius 1 is 1.21 bits per heavy atom. The van der Waals surface area contributed by atoms with Crippen molar-refractivity contribution in [3.8, 4) is 16.6 Å². The third-order valence-corrected chi connectivity index (χ3v) is 6.67. The van der Waals surface area contributed by atoms with E-state index < -0.39 is 11.7 Å². The van der Waals surface area contributed by atoms with E-state index in [0.29, 0.717) is 34.2 Å². The number of methoxy groups -OCH3 is 1. The van der Waals surface area contributed by atoms with Crippen molar-refractivity contribution in [1.82, 2.24) is 25.3 Å². The summed E-state index contributed by atoms with van der Waals surface area (Å²) in [6.45, 7) is 4.85. The van der Waals surface area contributed by atoms with Crippen LogP contribution >= 0.6 is 11.3 Å². The number of fused-ring (bicyclic) bond motifs is 1. The summed E-state index contributed by atoms with van der Waals surface area (Å²) < 4.78 is 19.5. The molecule has 4 rings (SSSR count). The van der Waals surface area contributed by atoms with Crippen LogP contribution in [-0.4, -0.2) is 46.5 Å². The number of hydrogen-bond acceptors (Lipinski definition) is 8. The van der Waals surface area contributed by atoms with Gasteiger partial charge in [0.15, 0.2) is 5.82 Å². The van der Waals surface area contributed by atoms with Crippen LogP contribution in [0.4, 0.5) is 10.2 Å². The topological polar surface area (TPSA) is 102 Å². The molecule has 176 valence electrons. The molecule has 3 aromatic heterocycles. The van der Waals surface area contributed by atoms with Gasteiger partial charge in [-0.1, -0.05) is 43.4 Å². The van der Waals surface area contributed by atoms with Gasteiger partial charge >= 0.3 is 0 Å². The highest BCUT2D eigenvalue weighted by Gasteiger charge is 2.22. The number of ether oxygens (including phenoxy) is 1. The fourth-order valence-electron chi connectivity index (χ4n) is 3.76. The number of carbonyl (C=O) groups excluding carboxylic acids is 1. The lowest BCUT2D eigenvalue weighted by Gasteiger charge is -2.22. The first kappa shape index (κ1) is 23.5. The minimum Gasteiger partial charge on any atom is -0.473 e. The highest BCUT2D eigenvalue weighted by atomic mass is 32.1. The van der Waals surface area contributed by atoms with E-state index in [0.717, 1.165) is 17.5 Å². The van der Waals surface area contributed by atoms with Crippen LogP contribution in [0.2, 0.25) is 0 Å². The molecule has 8 nitrogen and oxygen atoms in total. The Bertz CT molecular complexity index is 1330. The second kappa shape index (κ2) is 10.1. The van der Waals surface area contributed by atoms with E-state index in [4.69, 9.17) is 4.74 Å². The van der Waals surface area contributed by atoms with E-state index in [2.05, 4.69) is 44.4 Å². The molecule has 1 aromatic carbocycles. The number of aromatic nitrogens is 4. The van der Waals surface area contributed by atoms with E-state index in [9.17, 15) is 9.18 Å². The smallest absolute Gasteiger partial charge is 0.273 e. The lowest BCUT2D eigenvalue weighted by molar-refractivity contribution is 0.0960. The number of amides is 1. The van der Waals surface area contributed by atoms with Gasteiger partial charge in [0.05, 0.1) is 30.1 Å². The van der Waals surface area contributed by atoms with Gasteiger partial charge in [-0.25, -0.2) is 19.3 Å². The zero-order valence-corrected chi connectivity index (χ0v) is 20.1. The minimum absolute atomic E-state index is 0.0134. The number of pyridine rings is 1. The number of benzene rings is 1. The summed E-state index contributed by atoms with van der Waals surface area (Å²) in [5, 5.41) is 8.84. The average Bonchev–Trinajstić information content (AvgIpc) is 3.35. The van der Waals surface area contributed by atoms with Crippen molar-refractivity contribution in [3.05, 3.63) is 59.1 Å². The molecule has 0 aliphatic rings. The molecule has 0 spiro atoms. The largest absolute Gasteiger partial charge is 0.473 e. The summed E-state index contributed by atoms with van der Waals surface area (Å²) in [5.41, 5.74) is 3.03. The molecule has 3 heterocycles. The van der Waals surface area contributed by atoms with Crippen LogP contribution in [0.3, 0.4) is 0 Å². The van der Waals surface area contributed by atoms with Crippen LogP contribution in [0.5, 0.6) is 5.19 Å². The van der Waals surface area contributed by atoms with Crippen LogP contribution in [0.25, 0.3) is 22.3 Å². The normalized spacial score (nSPS) is 12.9. The van der Waals surface area contributed by atoms with Crippen molar-refractivity contribution in [2.24, 2.45) is 5.92 Å². The fourth-order valence-corrected chi connectivity index (χ4v) is 4.39. The van der Waals surface area contributed by atoms with Crippen molar-refractivity contribution >= 4 is 34.0 Å². The number of halogens is 1. The van der Waals surface area contributed by atoms with Crippen LogP contribution in [0.15, 0.2) is 42.2 Å². The number of anilines is 1. The summed E-state index contributed by atoms with van der Waals surface area (Å²) in [5.74, 6) is -0.157. The summed E-state index contributed by atoms with van der Waals surface area (Å²) in [7, 11) is 3.07. The number of carbonyl (C=O) groups is 1. The zero-order chi connectivity index (χ0) is 24.2. The maximum Gasteiger partial charge on any atom is 0.273 e. The van der Waals surface area contributed by atoms with Crippen molar-refractivity contribution in [3.63, 3.8) is 0 Å². The Balaban J connectivity index is 1.53. The van der Waals surface area contributed by atoms with E-state index in [1.54, 1.807) is 13.2 Å². The molecule has 34 heavy (non-hydrogen) atoms. The van der Waals surface area contributed by atoms with Crippen LogP contribution in [0, 0.1) is 11.7 Å². The summed E-state index contributed by atoms with van der Waals surface area (Å²) in [4.78, 5) is 29.6. The monoisotopic (exact) mass is 480 g/mol. The minimum atomic E-state index is -0.635. The first-order valence-electron chi connectivity index (χ1n) is 10.8. The van der Waals surface area contributed by atoms with E-state index >= 15 is 0 Å². The summed E-state index contributed by atoms with van der Waals surface area (Å²) >= 11 is 1.41. The molecule has 1 amide bonds. The molecule has 0 radical (unpaired) electrons. The Labute approximate surface area is 200 Å². The molecule has 2 N–H and O–H groups in total. The van der Waals surface area contributed by atoms with Crippen LogP contribution in [-0.2, 0) is 0 Å². The average molecular weight is 481 g/mol. The molecule has 0 aliphatic carbocycles. The number of rotatable bonds is 8. The molecule has 1 unspecified atom stereocenters. The SMILES string of the molecule is CNC(=O)c1c(F)cnc2c(C(C)[C@H](C)CNc3cc(-c4csc(OC)n4)ncn3)cccc12. The molecule has 0 bridgehead atoms. The molecule has 0 saturated carbocycles. The first-order chi connectivity index (χ1) is 16.4. The van der Waals surface area contributed by atoms with Gasteiger partial charge in [-0.2, -0.15) is 0 Å². The Kier molecular flexibility index (Phi) is 6.97. The maximum absolute atomic E-state index is 14.4. The van der Waals surface area contributed by atoms with E-state index in [-0.39, 0.29) is 17.4 Å². The second-order valence-electron chi connectivity index (χ2n) is 7.94. The lowest BCUT2D eigenvalue weighted by Crippen LogP contribution is -2.21. The molecule has 0 fully saturated rings. The number of thiazole rings is 1. The van der Waals surface area contributed by atoms with Gasteiger partial charge in [0, 0.05) is 30.4 Å². The number of nitrogens with zero attached hydrogens (tertiary/aromatic N) is 4. The quantitative estimate of drug-likeness (QED) is 0.383. The van der Waals surface area contributed by atoms with Crippen LogP contribution < -0.4 is 15.4 Å². The number of nitrogens with one attached hydrogen (secondary N) is 2. The van der Waals surface area contributed by atoms with Gasteiger partial charge < -0.3 is 15.4 Å². The van der Waals surface area contributed by atoms with Crippen molar-refractivity contribution in [2.45, 2.75) is 19.8 Å². The molecule has 0 saturated heterocycles. The third kappa shape index (κ3) is 4.67.